The molecule has 1 atom stereocenters. The first-order valence-electron chi connectivity index (χ1n) is 10.6. The number of carbonyl (C=O) groups excluding carboxylic acids is 1. The van der Waals surface area contributed by atoms with E-state index in [1.807, 2.05) is 12.1 Å². The van der Waals surface area contributed by atoms with Gasteiger partial charge in [0.1, 0.15) is 12.4 Å². The van der Waals surface area contributed by atoms with Crippen molar-refractivity contribution in [2.75, 3.05) is 12.9 Å². The summed E-state index contributed by atoms with van der Waals surface area (Å²) < 4.78 is 33.8. The highest BCUT2D eigenvalue weighted by molar-refractivity contribution is 7.89. The molecule has 0 radical (unpaired) electrons. The molecule has 0 aromatic heterocycles. The Kier molecular flexibility index (Phi) is 7.89. The summed E-state index contributed by atoms with van der Waals surface area (Å²) in [5, 5.41) is 5.20. The molecule has 3 rings (SSSR count). The maximum atomic E-state index is 11.7. The molecule has 0 heterocycles. The van der Waals surface area contributed by atoms with Crippen molar-refractivity contribution in [1.82, 2.24) is 0 Å². The van der Waals surface area contributed by atoms with Gasteiger partial charge < -0.3 is 9.47 Å². The van der Waals surface area contributed by atoms with Crippen molar-refractivity contribution < 1.29 is 22.7 Å². The average molecular weight is 468 g/mol. The van der Waals surface area contributed by atoms with Crippen LogP contribution in [-0.2, 0) is 26.2 Å². The highest BCUT2D eigenvalue weighted by Gasteiger charge is 2.22. The van der Waals surface area contributed by atoms with Crippen molar-refractivity contribution in [3.05, 3.63) is 89.0 Å². The molecule has 0 amide bonds. The van der Waals surface area contributed by atoms with E-state index in [9.17, 15) is 13.2 Å². The number of nitrogens with two attached hydrogens (primary N) is 1. The number of methoxy groups -OCH3 is 1. The van der Waals surface area contributed by atoms with Crippen molar-refractivity contribution in [1.29, 1.82) is 0 Å². The van der Waals surface area contributed by atoms with E-state index in [0.29, 0.717) is 17.9 Å². The van der Waals surface area contributed by atoms with Gasteiger partial charge in [-0.3, -0.25) is 4.79 Å². The molecule has 0 saturated heterocycles. The van der Waals surface area contributed by atoms with E-state index in [1.54, 1.807) is 24.3 Å². The van der Waals surface area contributed by atoms with Gasteiger partial charge in [0, 0.05) is 5.92 Å². The quantitative estimate of drug-likeness (QED) is 0.468. The molecule has 3 aromatic carbocycles. The van der Waals surface area contributed by atoms with E-state index in [0.717, 1.165) is 11.1 Å². The fourth-order valence-electron chi connectivity index (χ4n) is 3.93. The first kappa shape index (κ1) is 24.5. The van der Waals surface area contributed by atoms with E-state index < -0.39 is 21.9 Å². The maximum Gasteiger partial charge on any atom is 0.306 e. The van der Waals surface area contributed by atoms with Gasteiger partial charge in [-0.1, -0.05) is 48.5 Å². The number of hydrogen-bond acceptors (Lipinski definition) is 5. The minimum Gasteiger partial charge on any atom is -0.489 e. The number of hydrogen-bond donors (Lipinski definition) is 1. The fourth-order valence-corrected chi connectivity index (χ4v) is 4.80. The lowest BCUT2D eigenvalue weighted by Gasteiger charge is -2.16. The Balaban J connectivity index is 1.72. The van der Waals surface area contributed by atoms with Crippen molar-refractivity contribution >= 4 is 16.0 Å². The highest BCUT2D eigenvalue weighted by Crippen LogP contribution is 2.28. The standard InChI is InChI=1S/C26H29NO5S/c1-18-6-4-7-19(2)26(18)22-9-5-8-20(14-22)16-32-24-12-10-21(11-13-24)23(15-25(28)31-3)17-33(27,29)30/h4-14,23H,15-17H2,1-3H3,(H2,27,29,30). The lowest BCUT2D eigenvalue weighted by atomic mass is 9.95. The van der Waals surface area contributed by atoms with Gasteiger partial charge in [0.2, 0.25) is 10.0 Å². The van der Waals surface area contributed by atoms with Crippen LogP contribution in [0.4, 0.5) is 0 Å². The van der Waals surface area contributed by atoms with E-state index in [1.165, 1.54) is 23.8 Å². The van der Waals surface area contributed by atoms with E-state index in [4.69, 9.17) is 9.88 Å². The Morgan fingerprint density at radius 3 is 2.21 bits per heavy atom. The highest BCUT2D eigenvalue weighted by atomic mass is 32.2. The van der Waals surface area contributed by atoms with Crippen LogP contribution in [0.25, 0.3) is 11.1 Å². The van der Waals surface area contributed by atoms with Gasteiger partial charge in [0.15, 0.2) is 0 Å². The Morgan fingerprint density at radius 1 is 0.970 bits per heavy atom. The number of benzene rings is 3. The smallest absolute Gasteiger partial charge is 0.306 e. The molecule has 0 aliphatic rings. The van der Waals surface area contributed by atoms with Gasteiger partial charge in [0.05, 0.1) is 19.3 Å². The first-order chi connectivity index (χ1) is 15.7. The summed E-state index contributed by atoms with van der Waals surface area (Å²) in [7, 11) is -2.49. The SMILES string of the molecule is COC(=O)CC(CS(N)(=O)=O)c1ccc(OCc2cccc(-c3c(C)cccc3C)c2)cc1. The number of carbonyl (C=O) groups is 1. The zero-order valence-corrected chi connectivity index (χ0v) is 19.9. The summed E-state index contributed by atoms with van der Waals surface area (Å²) in [6, 6.07) is 21.6. The average Bonchev–Trinajstić information content (AvgIpc) is 2.77. The summed E-state index contributed by atoms with van der Waals surface area (Å²) >= 11 is 0. The molecule has 33 heavy (non-hydrogen) atoms. The van der Waals surface area contributed by atoms with Crippen LogP contribution in [0.5, 0.6) is 5.75 Å². The third kappa shape index (κ3) is 6.91. The number of esters is 1. The molecule has 0 spiro atoms. The molecule has 174 valence electrons. The molecular formula is C26H29NO5S. The van der Waals surface area contributed by atoms with Crippen LogP contribution in [-0.4, -0.2) is 27.2 Å². The summed E-state index contributed by atoms with van der Waals surface area (Å²) in [4.78, 5) is 11.7. The van der Waals surface area contributed by atoms with Crippen LogP contribution in [0.15, 0.2) is 66.7 Å². The van der Waals surface area contributed by atoms with Crippen LogP contribution in [0.2, 0.25) is 0 Å². The van der Waals surface area contributed by atoms with Crippen LogP contribution >= 0.6 is 0 Å². The number of primary sulfonamides is 1. The molecule has 0 saturated carbocycles. The van der Waals surface area contributed by atoms with Crippen LogP contribution in [0, 0.1) is 13.8 Å². The van der Waals surface area contributed by atoms with Gasteiger partial charge in [-0.2, -0.15) is 0 Å². The molecule has 0 fully saturated rings. The van der Waals surface area contributed by atoms with E-state index in [2.05, 4.69) is 48.9 Å². The Labute approximate surface area is 195 Å². The number of ether oxygens (including phenoxy) is 2. The number of aryl methyl sites for hydroxylation is 2. The topological polar surface area (TPSA) is 95.7 Å². The largest absolute Gasteiger partial charge is 0.489 e. The fraction of sp³-hybridized carbons (Fsp3) is 0.269. The van der Waals surface area contributed by atoms with Gasteiger partial charge >= 0.3 is 5.97 Å². The Bertz CT molecular complexity index is 1200. The maximum absolute atomic E-state index is 11.7. The van der Waals surface area contributed by atoms with Gasteiger partial charge in [-0.15, -0.1) is 0 Å². The summed E-state index contributed by atoms with van der Waals surface area (Å²) in [6.07, 6.45) is -0.0712. The third-order valence-corrected chi connectivity index (χ3v) is 6.40. The Hall–Kier alpha value is -3.16. The van der Waals surface area contributed by atoms with Crippen molar-refractivity contribution in [3.8, 4) is 16.9 Å². The molecular weight excluding hydrogens is 438 g/mol. The van der Waals surface area contributed by atoms with E-state index >= 15 is 0 Å². The molecule has 6 nitrogen and oxygen atoms in total. The van der Waals surface area contributed by atoms with E-state index in [-0.39, 0.29) is 12.2 Å². The molecule has 1 unspecified atom stereocenters. The number of sulfonamides is 1. The summed E-state index contributed by atoms with van der Waals surface area (Å²) in [5.41, 5.74) is 6.55. The second kappa shape index (κ2) is 10.6. The number of rotatable bonds is 9. The molecule has 0 aliphatic heterocycles. The lowest BCUT2D eigenvalue weighted by Crippen LogP contribution is -2.24. The second-order valence-corrected chi connectivity index (χ2v) is 9.79. The zero-order chi connectivity index (χ0) is 24.0. The van der Waals surface area contributed by atoms with Crippen LogP contribution < -0.4 is 9.88 Å². The molecule has 0 aliphatic carbocycles. The van der Waals surface area contributed by atoms with Gasteiger partial charge in [-0.05, 0) is 65.4 Å². The van der Waals surface area contributed by atoms with Crippen molar-refractivity contribution in [2.45, 2.75) is 32.8 Å². The second-order valence-electron chi connectivity index (χ2n) is 8.13. The minimum absolute atomic E-state index is 0.0712. The lowest BCUT2D eigenvalue weighted by molar-refractivity contribution is -0.140. The normalized spacial score (nSPS) is 12.2. The van der Waals surface area contributed by atoms with Crippen LogP contribution in [0.3, 0.4) is 0 Å². The molecule has 0 bridgehead atoms. The predicted octanol–water partition coefficient (Wildman–Crippen LogP) is 4.48. The minimum atomic E-state index is -3.75. The molecule has 2 N–H and O–H groups in total. The molecule has 3 aromatic rings. The summed E-state index contributed by atoms with van der Waals surface area (Å²) in [6.45, 7) is 4.60. The van der Waals surface area contributed by atoms with Gasteiger partial charge in [0.25, 0.3) is 0 Å². The van der Waals surface area contributed by atoms with Crippen molar-refractivity contribution in [3.63, 3.8) is 0 Å². The first-order valence-corrected chi connectivity index (χ1v) is 12.3. The monoisotopic (exact) mass is 467 g/mol. The molecule has 7 heteroatoms. The predicted molar refractivity (Wildman–Crippen MR) is 129 cm³/mol. The van der Waals surface area contributed by atoms with Crippen LogP contribution in [0.1, 0.15) is 34.6 Å². The van der Waals surface area contributed by atoms with Crippen molar-refractivity contribution in [2.24, 2.45) is 5.14 Å². The zero-order valence-electron chi connectivity index (χ0n) is 19.1. The van der Waals surface area contributed by atoms with Gasteiger partial charge in [-0.25, -0.2) is 13.6 Å². The Morgan fingerprint density at radius 2 is 1.61 bits per heavy atom. The third-order valence-electron chi connectivity index (χ3n) is 5.53. The summed E-state index contributed by atoms with van der Waals surface area (Å²) in [5.74, 6) is -0.778.